The number of carboxylic acids is 1. The van der Waals surface area contributed by atoms with E-state index in [0.29, 0.717) is 16.3 Å². The van der Waals surface area contributed by atoms with Crippen molar-refractivity contribution in [1.29, 1.82) is 0 Å². The lowest BCUT2D eigenvalue weighted by atomic mass is 9.85. The maximum Gasteiger partial charge on any atom is 0.306 e. The van der Waals surface area contributed by atoms with E-state index in [0.717, 1.165) is 31.4 Å². The Morgan fingerprint density at radius 1 is 1.04 bits per heavy atom. The van der Waals surface area contributed by atoms with Gasteiger partial charge in [-0.3, -0.25) is 24.0 Å². The number of hydrogen-bond donors (Lipinski definition) is 3. The molecule has 1 aromatic carbocycles. The largest absolute Gasteiger partial charge is 0.481 e. The summed E-state index contributed by atoms with van der Waals surface area (Å²) in [6.07, 6.45) is 3.11. The van der Waals surface area contributed by atoms with Crippen LogP contribution in [0.25, 0.3) is 0 Å². The first-order chi connectivity index (χ1) is 23.6. The van der Waals surface area contributed by atoms with E-state index in [9.17, 15) is 29.1 Å². The van der Waals surface area contributed by atoms with Gasteiger partial charge in [0.15, 0.2) is 11.9 Å². The summed E-state index contributed by atoms with van der Waals surface area (Å²) in [7, 11) is 1.74. The van der Waals surface area contributed by atoms with Gasteiger partial charge in [-0.1, -0.05) is 71.4 Å². The van der Waals surface area contributed by atoms with Crippen molar-refractivity contribution in [3.05, 3.63) is 51.5 Å². The van der Waals surface area contributed by atoms with Crippen molar-refractivity contribution < 1.29 is 33.8 Å². The molecule has 1 aliphatic heterocycles. The molecule has 1 aromatic heterocycles. The SMILES string of the molecule is CC(=O)O[C@H](C[C@H](C(C)C)N(C)C(=O)[C@@H](CC(=O)[C@H]1CCCCN1)C(C)C)c1nc(C(=O)N[C@@H](Cc2ccccc2)C[C@H](C)C(=O)O)c(C)s1. The normalized spacial score (nSPS) is 17.8. The Hall–Kier alpha value is -3.64. The van der Waals surface area contributed by atoms with Gasteiger partial charge in [-0.15, -0.1) is 11.3 Å². The summed E-state index contributed by atoms with van der Waals surface area (Å²) in [6, 6.07) is 8.53. The number of amides is 2. The minimum Gasteiger partial charge on any atom is -0.481 e. The summed E-state index contributed by atoms with van der Waals surface area (Å²) in [4.78, 5) is 71.9. The maximum atomic E-state index is 14.0. The van der Waals surface area contributed by atoms with E-state index in [2.05, 4.69) is 15.6 Å². The Balaban J connectivity index is 1.83. The number of thiazole rings is 1. The van der Waals surface area contributed by atoms with E-state index in [4.69, 9.17) is 4.74 Å². The fraction of sp³-hybridized carbons (Fsp3) is 0.632. The second-order valence-electron chi connectivity index (χ2n) is 14.4. The van der Waals surface area contributed by atoms with E-state index < -0.39 is 41.8 Å². The number of nitrogens with one attached hydrogen (secondary N) is 2. The Morgan fingerprint density at radius 2 is 1.72 bits per heavy atom. The monoisotopic (exact) mass is 712 g/mol. The number of rotatable bonds is 18. The molecule has 0 saturated carbocycles. The third-order valence-corrected chi connectivity index (χ3v) is 10.7. The number of ketones is 1. The number of piperidine rings is 1. The van der Waals surface area contributed by atoms with Gasteiger partial charge in [0.25, 0.3) is 5.91 Å². The molecular weight excluding hydrogens is 657 g/mol. The lowest BCUT2D eigenvalue weighted by Crippen LogP contribution is -2.47. The standard InChI is InChI=1S/C38H56N4O7S/c1-22(2)29(20-32(44)30-16-12-13-17-39-30)37(46)42(8)31(23(3)4)21-33(49-26(7)43)36-41-34(25(6)50-36)35(45)40-28(18-24(5)38(47)48)19-27-14-10-9-11-15-27/h9-11,14-15,22-24,28-31,33,39H,12-13,16-21H2,1-8H3,(H,40,45)(H,47,48)/t24-,28+,29-,30+,31+,33+/m0/s1. The zero-order valence-corrected chi connectivity index (χ0v) is 31.7. The molecule has 0 aliphatic carbocycles. The average molecular weight is 713 g/mol. The molecule has 2 aromatic rings. The summed E-state index contributed by atoms with van der Waals surface area (Å²) >= 11 is 1.25. The van der Waals surface area contributed by atoms with Crippen molar-refractivity contribution >= 4 is 40.9 Å². The molecule has 3 N–H and O–H groups in total. The number of aryl methyl sites for hydroxylation is 1. The highest BCUT2D eigenvalue weighted by molar-refractivity contribution is 7.12. The second-order valence-corrected chi connectivity index (χ2v) is 15.6. The highest BCUT2D eigenvalue weighted by Gasteiger charge is 2.36. The van der Waals surface area contributed by atoms with Gasteiger partial charge in [0.2, 0.25) is 5.91 Å². The van der Waals surface area contributed by atoms with Crippen LogP contribution < -0.4 is 10.6 Å². The number of aromatic nitrogens is 1. The van der Waals surface area contributed by atoms with Gasteiger partial charge in [-0.25, -0.2) is 4.98 Å². The van der Waals surface area contributed by atoms with Crippen LogP contribution in [0.1, 0.15) is 112 Å². The molecule has 50 heavy (non-hydrogen) atoms. The first-order valence-electron chi connectivity index (χ1n) is 17.8. The summed E-state index contributed by atoms with van der Waals surface area (Å²) in [5.41, 5.74) is 1.15. The molecule has 1 aliphatic rings. The number of carbonyl (C=O) groups excluding carboxylic acids is 4. The van der Waals surface area contributed by atoms with Crippen molar-refractivity contribution in [2.24, 2.45) is 23.7 Å². The van der Waals surface area contributed by atoms with Crippen LogP contribution in [-0.4, -0.2) is 76.2 Å². The second kappa shape index (κ2) is 19.1. The molecule has 276 valence electrons. The quantitative estimate of drug-likeness (QED) is 0.164. The highest BCUT2D eigenvalue weighted by atomic mass is 32.1. The Kier molecular flexibility index (Phi) is 15.6. The van der Waals surface area contributed by atoms with E-state index in [1.54, 1.807) is 25.8 Å². The van der Waals surface area contributed by atoms with Gasteiger partial charge in [0.1, 0.15) is 10.7 Å². The van der Waals surface area contributed by atoms with Crippen LogP contribution in [0.2, 0.25) is 0 Å². The van der Waals surface area contributed by atoms with Crippen LogP contribution in [0.5, 0.6) is 0 Å². The molecule has 0 spiro atoms. The Bertz CT molecular complexity index is 1450. The van der Waals surface area contributed by atoms with Gasteiger partial charge in [0.05, 0.1) is 12.0 Å². The lowest BCUT2D eigenvalue weighted by molar-refractivity contribution is -0.149. The molecule has 0 radical (unpaired) electrons. The molecule has 2 amide bonds. The fourth-order valence-corrected chi connectivity index (χ4v) is 7.62. The van der Waals surface area contributed by atoms with Crippen molar-refractivity contribution in [2.75, 3.05) is 13.6 Å². The number of Topliss-reactive ketones (excluding diaryl/α,β-unsaturated/α-hetero) is 1. The molecule has 12 heteroatoms. The maximum absolute atomic E-state index is 14.0. The van der Waals surface area contributed by atoms with Crippen LogP contribution in [0.4, 0.5) is 0 Å². The van der Waals surface area contributed by atoms with Crippen LogP contribution >= 0.6 is 11.3 Å². The molecular formula is C38H56N4O7S. The minimum atomic E-state index is -0.940. The zero-order valence-electron chi connectivity index (χ0n) is 30.9. The van der Waals surface area contributed by atoms with E-state index in [-0.39, 0.29) is 60.6 Å². The number of carboxylic acid groups (broad SMARTS) is 1. The number of hydrogen-bond acceptors (Lipinski definition) is 9. The molecule has 3 rings (SSSR count). The lowest BCUT2D eigenvalue weighted by Gasteiger charge is -2.36. The molecule has 0 bridgehead atoms. The predicted molar refractivity (Wildman–Crippen MR) is 194 cm³/mol. The van der Waals surface area contributed by atoms with Crippen LogP contribution in [0, 0.1) is 30.6 Å². The summed E-state index contributed by atoms with van der Waals surface area (Å²) in [5.74, 6) is -3.19. The van der Waals surface area contributed by atoms with Gasteiger partial charge in [0, 0.05) is 49.7 Å². The van der Waals surface area contributed by atoms with Crippen molar-refractivity contribution in [3.8, 4) is 0 Å². The third-order valence-electron chi connectivity index (χ3n) is 9.64. The zero-order chi connectivity index (χ0) is 37.1. The van der Waals surface area contributed by atoms with Crippen LogP contribution in [-0.2, 0) is 30.3 Å². The van der Waals surface area contributed by atoms with Gasteiger partial charge in [-0.05, 0) is 56.6 Å². The van der Waals surface area contributed by atoms with Crippen LogP contribution in [0.15, 0.2) is 30.3 Å². The molecule has 1 saturated heterocycles. The molecule has 11 nitrogen and oxygen atoms in total. The smallest absolute Gasteiger partial charge is 0.306 e. The van der Waals surface area contributed by atoms with Gasteiger partial charge < -0.3 is 25.4 Å². The van der Waals surface area contributed by atoms with E-state index in [1.165, 1.54) is 18.3 Å². The van der Waals surface area contributed by atoms with Crippen molar-refractivity contribution in [3.63, 3.8) is 0 Å². The Morgan fingerprint density at radius 3 is 2.28 bits per heavy atom. The predicted octanol–water partition coefficient (Wildman–Crippen LogP) is 5.75. The molecule has 0 unspecified atom stereocenters. The van der Waals surface area contributed by atoms with Crippen molar-refractivity contribution in [2.45, 2.75) is 118 Å². The first-order valence-corrected chi connectivity index (χ1v) is 18.6. The van der Waals surface area contributed by atoms with E-state index >= 15 is 0 Å². The van der Waals surface area contributed by atoms with E-state index in [1.807, 2.05) is 58.0 Å². The number of benzene rings is 1. The Labute approximate surface area is 301 Å². The third kappa shape index (κ3) is 11.7. The van der Waals surface area contributed by atoms with Gasteiger partial charge >= 0.3 is 11.9 Å². The topological polar surface area (TPSA) is 155 Å². The summed E-state index contributed by atoms with van der Waals surface area (Å²) in [6.45, 7) is 13.4. The molecule has 6 atom stereocenters. The minimum absolute atomic E-state index is 0.0238. The first kappa shape index (κ1) is 40.8. The molecule has 2 heterocycles. The molecule has 1 fully saturated rings. The summed E-state index contributed by atoms with van der Waals surface area (Å²) in [5, 5.41) is 16.3. The number of esters is 1. The fourth-order valence-electron chi connectivity index (χ4n) is 6.65. The van der Waals surface area contributed by atoms with Crippen LogP contribution in [0.3, 0.4) is 0 Å². The average Bonchev–Trinajstić information content (AvgIpc) is 3.46. The summed E-state index contributed by atoms with van der Waals surface area (Å²) < 4.78 is 5.80. The number of aliphatic carboxylic acids is 1. The van der Waals surface area contributed by atoms with Gasteiger partial charge in [-0.2, -0.15) is 0 Å². The van der Waals surface area contributed by atoms with Crippen molar-refractivity contribution in [1.82, 2.24) is 20.5 Å². The highest BCUT2D eigenvalue weighted by Crippen LogP contribution is 2.33. The number of carbonyl (C=O) groups is 5. The number of nitrogens with zero attached hydrogens (tertiary/aromatic N) is 2. The number of ether oxygens (including phenoxy) is 1.